The van der Waals surface area contributed by atoms with Gasteiger partial charge in [-0.15, -0.1) is 0 Å². The summed E-state index contributed by atoms with van der Waals surface area (Å²) in [6, 6.07) is 12.9. The second kappa shape index (κ2) is 12.2. The van der Waals surface area contributed by atoms with Crippen molar-refractivity contribution in [2.45, 2.75) is 38.8 Å². The standard InChI is InChI=1S/C27H33N3O4S/c1-2-3-12-33-25(31)17-23-15-21-8-9-22(16-24(21)34-27(23)28)26(32)20-6-4-19(5-7-20)18-29-30-10-13-35-14-11-30/h4-9,16,18,23,27H,2-3,10-15,17,28H2,1H3. The van der Waals surface area contributed by atoms with Gasteiger partial charge in [0.2, 0.25) is 0 Å². The van der Waals surface area contributed by atoms with Crippen molar-refractivity contribution in [3.8, 4) is 5.75 Å². The fraction of sp³-hybridized carbons (Fsp3) is 0.444. The van der Waals surface area contributed by atoms with Crippen LogP contribution in [0.2, 0.25) is 0 Å². The van der Waals surface area contributed by atoms with Crippen LogP contribution in [0.3, 0.4) is 0 Å². The Morgan fingerprint density at radius 3 is 2.66 bits per heavy atom. The predicted molar refractivity (Wildman–Crippen MR) is 139 cm³/mol. The van der Waals surface area contributed by atoms with E-state index in [9.17, 15) is 9.59 Å². The lowest BCUT2D eigenvalue weighted by molar-refractivity contribution is -0.145. The number of esters is 1. The van der Waals surface area contributed by atoms with Crippen molar-refractivity contribution in [1.29, 1.82) is 0 Å². The molecular weight excluding hydrogens is 462 g/mol. The second-order valence-corrected chi connectivity index (χ2v) is 10.1. The van der Waals surface area contributed by atoms with Crippen LogP contribution in [0.15, 0.2) is 47.6 Å². The number of hydrogen-bond acceptors (Lipinski definition) is 8. The van der Waals surface area contributed by atoms with Crippen molar-refractivity contribution in [2.24, 2.45) is 16.8 Å². The molecule has 0 aliphatic carbocycles. The van der Waals surface area contributed by atoms with Crippen molar-refractivity contribution >= 4 is 29.7 Å². The summed E-state index contributed by atoms with van der Waals surface area (Å²) >= 11 is 1.95. The summed E-state index contributed by atoms with van der Waals surface area (Å²) in [4.78, 5) is 25.2. The molecule has 2 unspecified atom stereocenters. The van der Waals surface area contributed by atoms with Gasteiger partial charge in [-0.25, -0.2) is 0 Å². The van der Waals surface area contributed by atoms with Gasteiger partial charge in [-0.1, -0.05) is 49.7 Å². The molecule has 7 nitrogen and oxygen atoms in total. The van der Waals surface area contributed by atoms with Gasteiger partial charge in [-0.05, 0) is 30.0 Å². The van der Waals surface area contributed by atoms with E-state index in [2.05, 4.69) is 17.0 Å². The van der Waals surface area contributed by atoms with Gasteiger partial charge in [0.25, 0.3) is 0 Å². The highest BCUT2D eigenvalue weighted by Gasteiger charge is 2.30. The summed E-state index contributed by atoms with van der Waals surface area (Å²) in [6.45, 7) is 4.41. The molecule has 0 amide bonds. The molecular formula is C27H33N3O4S. The maximum atomic E-state index is 13.1. The maximum Gasteiger partial charge on any atom is 0.306 e. The van der Waals surface area contributed by atoms with Crippen molar-refractivity contribution < 1.29 is 19.1 Å². The van der Waals surface area contributed by atoms with Crippen LogP contribution in [0.1, 0.15) is 53.2 Å². The lowest BCUT2D eigenvalue weighted by atomic mass is 9.90. The molecule has 2 heterocycles. The zero-order chi connectivity index (χ0) is 24.6. The number of ketones is 1. The molecule has 8 heteroatoms. The molecule has 0 radical (unpaired) electrons. The minimum Gasteiger partial charge on any atom is -0.475 e. The summed E-state index contributed by atoms with van der Waals surface area (Å²) in [5.74, 6) is 2.32. The molecule has 2 N–H and O–H groups in total. The number of nitrogens with two attached hydrogens (primary N) is 1. The fourth-order valence-corrected chi connectivity index (χ4v) is 5.00. The Kier molecular flexibility index (Phi) is 8.82. The summed E-state index contributed by atoms with van der Waals surface area (Å²) in [7, 11) is 0. The van der Waals surface area contributed by atoms with Crippen molar-refractivity contribution in [2.75, 3.05) is 31.2 Å². The largest absolute Gasteiger partial charge is 0.475 e. The average molecular weight is 496 g/mol. The first-order chi connectivity index (χ1) is 17.0. The lowest BCUT2D eigenvalue weighted by Gasteiger charge is -2.30. The topological polar surface area (TPSA) is 94.2 Å². The number of rotatable bonds is 9. The Morgan fingerprint density at radius 1 is 1.17 bits per heavy atom. The quantitative estimate of drug-likeness (QED) is 0.244. The van der Waals surface area contributed by atoms with Crippen LogP contribution in [-0.4, -0.2) is 60.4 Å². The average Bonchev–Trinajstić information content (AvgIpc) is 2.88. The van der Waals surface area contributed by atoms with Gasteiger partial charge in [0.15, 0.2) is 12.0 Å². The summed E-state index contributed by atoms with van der Waals surface area (Å²) < 4.78 is 11.2. The third kappa shape index (κ3) is 6.86. The van der Waals surface area contributed by atoms with Crippen molar-refractivity contribution in [1.82, 2.24) is 5.01 Å². The maximum absolute atomic E-state index is 13.1. The molecule has 2 aromatic rings. The highest BCUT2D eigenvalue weighted by atomic mass is 32.2. The molecule has 1 saturated heterocycles. The Labute approximate surface area is 211 Å². The first-order valence-electron chi connectivity index (χ1n) is 12.3. The van der Waals surface area contributed by atoms with Gasteiger partial charge in [0, 0.05) is 41.6 Å². The van der Waals surface area contributed by atoms with Gasteiger partial charge < -0.3 is 9.47 Å². The number of thioether (sulfide) groups is 1. The predicted octanol–water partition coefficient (Wildman–Crippen LogP) is 3.87. The van der Waals surface area contributed by atoms with Crippen LogP contribution >= 0.6 is 11.8 Å². The molecule has 0 aromatic heterocycles. The van der Waals surface area contributed by atoms with E-state index < -0.39 is 6.23 Å². The van der Waals surface area contributed by atoms with Gasteiger partial charge in [0.05, 0.1) is 19.2 Å². The first-order valence-corrected chi connectivity index (χ1v) is 13.4. The van der Waals surface area contributed by atoms with E-state index in [1.165, 1.54) is 0 Å². The summed E-state index contributed by atoms with van der Waals surface area (Å²) in [5.41, 5.74) is 9.24. The monoisotopic (exact) mass is 495 g/mol. The van der Waals surface area contributed by atoms with E-state index in [1.54, 1.807) is 6.07 Å². The number of ether oxygens (including phenoxy) is 2. The number of carbonyl (C=O) groups is 2. The Balaban J connectivity index is 1.37. The first kappa shape index (κ1) is 25.3. The number of carbonyl (C=O) groups excluding carboxylic acids is 2. The Bertz CT molecular complexity index is 1050. The van der Waals surface area contributed by atoms with E-state index in [0.717, 1.165) is 48.6 Å². The summed E-state index contributed by atoms with van der Waals surface area (Å²) in [6.07, 6.45) is 3.88. The van der Waals surface area contributed by atoms with E-state index >= 15 is 0 Å². The molecule has 1 fully saturated rings. The van der Waals surface area contributed by atoms with Crippen molar-refractivity contribution in [3.63, 3.8) is 0 Å². The van der Waals surface area contributed by atoms with Gasteiger partial charge in [0.1, 0.15) is 5.75 Å². The van der Waals surface area contributed by atoms with Crippen LogP contribution < -0.4 is 10.5 Å². The molecule has 0 bridgehead atoms. The van der Waals surface area contributed by atoms with E-state index in [4.69, 9.17) is 15.2 Å². The van der Waals surface area contributed by atoms with Crippen LogP contribution in [-0.2, 0) is 16.0 Å². The number of benzene rings is 2. The van der Waals surface area contributed by atoms with Gasteiger partial charge in [-0.2, -0.15) is 16.9 Å². The molecule has 2 atom stereocenters. The number of fused-ring (bicyclic) bond motifs is 1. The molecule has 2 aliphatic heterocycles. The van der Waals surface area contributed by atoms with Crippen LogP contribution in [0.25, 0.3) is 0 Å². The van der Waals surface area contributed by atoms with Crippen LogP contribution in [0.4, 0.5) is 0 Å². The van der Waals surface area contributed by atoms with Crippen LogP contribution in [0.5, 0.6) is 5.75 Å². The number of hydrogen-bond donors (Lipinski definition) is 1. The minimum atomic E-state index is -0.622. The van der Waals surface area contributed by atoms with E-state index in [0.29, 0.717) is 29.9 Å². The normalized spacial score (nSPS) is 19.8. The highest BCUT2D eigenvalue weighted by Crippen LogP contribution is 2.32. The second-order valence-electron chi connectivity index (χ2n) is 8.91. The third-order valence-electron chi connectivity index (χ3n) is 6.26. The molecule has 35 heavy (non-hydrogen) atoms. The molecule has 0 spiro atoms. The highest BCUT2D eigenvalue weighted by molar-refractivity contribution is 7.99. The van der Waals surface area contributed by atoms with E-state index in [-0.39, 0.29) is 24.1 Å². The zero-order valence-corrected chi connectivity index (χ0v) is 21.0. The fourth-order valence-electron chi connectivity index (χ4n) is 4.11. The third-order valence-corrected chi connectivity index (χ3v) is 7.20. The van der Waals surface area contributed by atoms with E-state index in [1.807, 2.05) is 54.4 Å². The van der Waals surface area contributed by atoms with Gasteiger partial charge in [-0.3, -0.25) is 20.3 Å². The van der Waals surface area contributed by atoms with Gasteiger partial charge >= 0.3 is 5.97 Å². The molecule has 186 valence electrons. The number of hydrazone groups is 1. The number of nitrogens with zero attached hydrogens (tertiary/aromatic N) is 2. The smallest absolute Gasteiger partial charge is 0.306 e. The molecule has 4 rings (SSSR count). The minimum absolute atomic E-state index is 0.0804. The number of unbranched alkanes of at least 4 members (excludes halogenated alkanes) is 1. The SMILES string of the molecule is CCCCOC(=O)CC1Cc2ccc(C(=O)c3ccc(C=NN4CCSCC4)cc3)cc2OC1N. The zero-order valence-electron chi connectivity index (χ0n) is 20.2. The lowest BCUT2D eigenvalue weighted by Crippen LogP contribution is -2.41. The Hall–Kier alpha value is -2.84. The molecule has 2 aromatic carbocycles. The summed E-state index contributed by atoms with van der Waals surface area (Å²) in [5, 5.41) is 6.61. The Morgan fingerprint density at radius 2 is 1.91 bits per heavy atom. The molecule has 2 aliphatic rings. The van der Waals surface area contributed by atoms with Crippen molar-refractivity contribution in [3.05, 3.63) is 64.7 Å². The molecule has 0 saturated carbocycles. The van der Waals surface area contributed by atoms with Crippen LogP contribution in [0, 0.1) is 5.92 Å².